The predicted octanol–water partition coefficient (Wildman–Crippen LogP) is 5.18. The second-order valence-corrected chi connectivity index (χ2v) is 6.55. The van der Waals surface area contributed by atoms with Gasteiger partial charge in [0, 0.05) is 29.6 Å². The lowest BCUT2D eigenvalue weighted by Crippen LogP contribution is -2.12. The monoisotopic (exact) mass is 340 g/mol. The van der Waals surface area contributed by atoms with Crippen LogP contribution in [-0.2, 0) is 0 Å². The summed E-state index contributed by atoms with van der Waals surface area (Å²) in [4.78, 5) is 4.14. The molecular formula is C22H20N4. The van der Waals surface area contributed by atoms with Crippen molar-refractivity contribution in [2.45, 2.75) is 19.9 Å². The Morgan fingerprint density at radius 3 is 2.38 bits per heavy atom. The van der Waals surface area contributed by atoms with E-state index in [4.69, 9.17) is 0 Å². The molecule has 0 fully saturated rings. The summed E-state index contributed by atoms with van der Waals surface area (Å²) in [5.74, 6) is 0.774. The van der Waals surface area contributed by atoms with Crippen LogP contribution in [0, 0.1) is 0 Å². The minimum absolute atomic E-state index is 0.290. The average Bonchev–Trinajstić information content (AvgIpc) is 2.68. The second kappa shape index (κ2) is 6.92. The van der Waals surface area contributed by atoms with Crippen LogP contribution in [0.1, 0.15) is 13.8 Å². The Kier molecular flexibility index (Phi) is 4.32. The third kappa shape index (κ3) is 3.14. The number of nitrogens with one attached hydrogen (secondary N) is 1. The first-order valence-electron chi connectivity index (χ1n) is 8.75. The molecule has 0 radical (unpaired) electrons. The highest BCUT2D eigenvalue weighted by molar-refractivity contribution is 5.99. The van der Waals surface area contributed by atoms with Gasteiger partial charge in [0.1, 0.15) is 11.5 Å². The molecule has 128 valence electrons. The Labute approximate surface area is 152 Å². The first kappa shape index (κ1) is 16.2. The number of hydrogen-bond acceptors (Lipinski definition) is 4. The molecule has 1 N–H and O–H groups in total. The summed E-state index contributed by atoms with van der Waals surface area (Å²) in [5, 5.41) is 14.7. The Morgan fingerprint density at radius 1 is 0.808 bits per heavy atom. The van der Waals surface area contributed by atoms with Crippen molar-refractivity contribution in [2.75, 3.05) is 5.32 Å². The number of pyridine rings is 1. The summed E-state index contributed by atoms with van der Waals surface area (Å²) in [5.41, 5.74) is 4.08. The highest BCUT2D eigenvalue weighted by atomic mass is 15.2. The minimum atomic E-state index is 0.290. The van der Waals surface area contributed by atoms with Crippen molar-refractivity contribution in [2.24, 2.45) is 0 Å². The van der Waals surface area contributed by atoms with Gasteiger partial charge in [0.15, 0.2) is 0 Å². The van der Waals surface area contributed by atoms with Crippen molar-refractivity contribution < 1.29 is 0 Å². The number of benzene rings is 2. The number of aromatic nitrogens is 3. The van der Waals surface area contributed by atoms with Crippen molar-refractivity contribution in [3.8, 4) is 22.4 Å². The zero-order valence-electron chi connectivity index (χ0n) is 14.8. The van der Waals surface area contributed by atoms with Crippen LogP contribution in [0.2, 0.25) is 0 Å². The van der Waals surface area contributed by atoms with E-state index in [0.29, 0.717) is 0 Å². The molecule has 0 amide bonds. The number of nitrogens with zero attached hydrogens (tertiary/aromatic N) is 3. The Hall–Kier alpha value is -3.27. The molecule has 2 aromatic heterocycles. The lowest BCUT2D eigenvalue weighted by molar-refractivity contribution is 0.875. The zero-order chi connectivity index (χ0) is 17.9. The molecule has 0 aliphatic carbocycles. The van der Waals surface area contributed by atoms with Crippen molar-refractivity contribution in [3.05, 3.63) is 73.1 Å². The van der Waals surface area contributed by atoms with E-state index in [0.717, 1.165) is 28.2 Å². The van der Waals surface area contributed by atoms with Gasteiger partial charge in [-0.3, -0.25) is 4.98 Å². The van der Waals surface area contributed by atoms with E-state index in [1.54, 1.807) is 12.4 Å². The SMILES string of the molecule is CC(C)Nc1cc(-c2ccncc2)c(-c2cccc3ccccc23)nn1. The van der Waals surface area contributed by atoms with Gasteiger partial charge in [0.2, 0.25) is 0 Å². The van der Waals surface area contributed by atoms with Gasteiger partial charge in [-0.1, -0.05) is 42.5 Å². The molecule has 2 aromatic carbocycles. The maximum Gasteiger partial charge on any atom is 0.149 e. The third-order valence-electron chi connectivity index (χ3n) is 4.27. The third-order valence-corrected chi connectivity index (χ3v) is 4.27. The first-order chi connectivity index (χ1) is 12.7. The van der Waals surface area contributed by atoms with Gasteiger partial charge in [-0.05, 0) is 48.4 Å². The van der Waals surface area contributed by atoms with Crippen LogP contribution in [0.3, 0.4) is 0 Å². The van der Waals surface area contributed by atoms with Gasteiger partial charge in [0.25, 0.3) is 0 Å². The fourth-order valence-corrected chi connectivity index (χ4v) is 3.14. The Morgan fingerprint density at radius 2 is 1.58 bits per heavy atom. The molecule has 0 saturated carbocycles. The molecule has 4 heteroatoms. The molecule has 0 bridgehead atoms. The topological polar surface area (TPSA) is 50.7 Å². The molecule has 4 nitrogen and oxygen atoms in total. The standard InChI is InChI=1S/C22H20N4/c1-15(2)24-21-14-20(17-10-12-23-13-11-17)22(26-25-21)19-9-5-7-16-6-3-4-8-18(16)19/h3-15H,1-2H3,(H,24,25). The molecule has 0 unspecified atom stereocenters. The van der Waals surface area contributed by atoms with E-state index >= 15 is 0 Å². The van der Waals surface area contributed by atoms with E-state index in [2.05, 4.69) is 82.9 Å². The number of anilines is 1. The van der Waals surface area contributed by atoms with E-state index in [9.17, 15) is 0 Å². The molecule has 0 atom stereocenters. The zero-order valence-corrected chi connectivity index (χ0v) is 14.8. The second-order valence-electron chi connectivity index (χ2n) is 6.55. The molecule has 0 aliphatic rings. The predicted molar refractivity (Wildman–Crippen MR) is 107 cm³/mol. The van der Waals surface area contributed by atoms with Crippen LogP contribution in [0.25, 0.3) is 33.2 Å². The number of hydrogen-bond donors (Lipinski definition) is 1. The van der Waals surface area contributed by atoms with E-state index in [1.165, 1.54) is 10.8 Å². The molecule has 4 aromatic rings. The summed E-state index contributed by atoms with van der Waals surface area (Å²) >= 11 is 0. The smallest absolute Gasteiger partial charge is 0.149 e. The molecule has 0 saturated heterocycles. The van der Waals surface area contributed by atoms with Crippen LogP contribution < -0.4 is 5.32 Å². The summed E-state index contributed by atoms with van der Waals surface area (Å²) in [6.07, 6.45) is 3.61. The Bertz CT molecular complexity index is 1040. The molecule has 2 heterocycles. The fraction of sp³-hybridized carbons (Fsp3) is 0.136. The minimum Gasteiger partial charge on any atom is -0.366 e. The quantitative estimate of drug-likeness (QED) is 0.556. The molecular weight excluding hydrogens is 320 g/mol. The van der Waals surface area contributed by atoms with E-state index < -0.39 is 0 Å². The summed E-state index contributed by atoms with van der Waals surface area (Å²) in [6.45, 7) is 4.18. The summed E-state index contributed by atoms with van der Waals surface area (Å²) in [7, 11) is 0. The summed E-state index contributed by atoms with van der Waals surface area (Å²) < 4.78 is 0. The summed E-state index contributed by atoms with van der Waals surface area (Å²) in [6, 6.07) is 21.0. The maximum absolute atomic E-state index is 4.60. The van der Waals surface area contributed by atoms with E-state index in [-0.39, 0.29) is 6.04 Å². The van der Waals surface area contributed by atoms with Crippen molar-refractivity contribution in [3.63, 3.8) is 0 Å². The highest BCUT2D eigenvalue weighted by Gasteiger charge is 2.14. The van der Waals surface area contributed by atoms with Crippen LogP contribution in [-0.4, -0.2) is 21.2 Å². The van der Waals surface area contributed by atoms with Crippen molar-refractivity contribution in [1.29, 1.82) is 0 Å². The van der Waals surface area contributed by atoms with Crippen LogP contribution >= 0.6 is 0 Å². The van der Waals surface area contributed by atoms with Gasteiger partial charge in [-0.2, -0.15) is 0 Å². The van der Waals surface area contributed by atoms with Gasteiger partial charge in [0.05, 0.1) is 0 Å². The van der Waals surface area contributed by atoms with Crippen LogP contribution in [0.15, 0.2) is 73.1 Å². The normalized spacial score (nSPS) is 11.0. The van der Waals surface area contributed by atoms with Gasteiger partial charge < -0.3 is 5.32 Å². The lowest BCUT2D eigenvalue weighted by Gasteiger charge is -2.14. The molecule has 0 spiro atoms. The van der Waals surface area contributed by atoms with E-state index in [1.807, 2.05) is 12.1 Å². The lowest BCUT2D eigenvalue weighted by atomic mass is 9.96. The number of rotatable bonds is 4. The van der Waals surface area contributed by atoms with Crippen LogP contribution in [0.5, 0.6) is 0 Å². The highest BCUT2D eigenvalue weighted by Crippen LogP contribution is 2.35. The largest absolute Gasteiger partial charge is 0.366 e. The number of fused-ring (bicyclic) bond motifs is 1. The first-order valence-corrected chi connectivity index (χ1v) is 8.75. The van der Waals surface area contributed by atoms with Crippen molar-refractivity contribution in [1.82, 2.24) is 15.2 Å². The molecule has 26 heavy (non-hydrogen) atoms. The van der Waals surface area contributed by atoms with Gasteiger partial charge in [-0.25, -0.2) is 0 Å². The van der Waals surface area contributed by atoms with Crippen LogP contribution in [0.4, 0.5) is 5.82 Å². The average molecular weight is 340 g/mol. The van der Waals surface area contributed by atoms with Gasteiger partial charge in [-0.15, -0.1) is 10.2 Å². The van der Waals surface area contributed by atoms with Crippen molar-refractivity contribution >= 4 is 16.6 Å². The molecule has 0 aliphatic heterocycles. The maximum atomic E-state index is 4.60. The molecule has 4 rings (SSSR count). The fourth-order valence-electron chi connectivity index (χ4n) is 3.14. The Balaban J connectivity index is 1.95. The van der Waals surface area contributed by atoms with Gasteiger partial charge >= 0.3 is 0 Å².